The maximum absolute atomic E-state index is 10.1. The number of rotatable bonds is 2. The van der Waals surface area contributed by atoms with Gasteiger partial charge in [0.05, 0.1) is 0 Å². The fraction of sp³-hybridized carbons (Fsp3) is 0.857. The van der Waals surface area contributed by atoms with Crippen LogP contribution < -0.4 is 9.83 Å². The van der Waals surface area contributed by atoms with Gasteiger partial charge in [0.15, 0.2) is 0 Å². The van der Waals surface area contributed by atoms with E-state index < -0.39 is 6.09 Å². The van der Waals surface area contributed by atoms with E-state index >= 15 is 0 Å². The molecule has 0 aromatic heterocycles. The minimum atomic E-state index is -1.22. The summed E-state index contributed by atoms with van der Waals surface area (Å²) in [6, 6.07) is 0.454. The molecule has 0 spiro atoms. The van der Waals surface area contributed by atoms with E-state index in [1.807, 2.05) is 4.31 Å². The Labute approximate surface area is 76.6 Å². The normalized spacial score (nSPS) is 25.2. The zero-order valence-electron chi connectivity index (χ0n) is 7.08. The molecule has 0 aromatic rings. The largest absolute Gasteiger partial charge is 0.529 e. The van der Waals surface area contributed by atoms with Gasteiger partial charge in [0.1, 0.15) is 6.09 Å². The highest BCUT2D eigenvalue weighted by Gasteiger charge is 2.18. The second kappa shape index (κ2) is 4.57. The van der Waals surface area contributed by atoms with Gasteiger partial charge >= 0.3 is 0 Å². The monoisotopic (exact) mass is 189 g/mol. The van der Waals surface area contributed by atoms with Crippen LogP contribution in [0.2, 0.25) is 0 Å². The minimum absolute atomic E-state index is 0.454. The molecule has 1 N–H and O–H groups in total. The van der Waals surface area contributed by atoms with E-state index in [1.54, 1.807) is 0 Å². The van der Waals surface area contributed by atoms with Crippen molar-refractivity contribution in [2.24, 2.45) is 0 Å². The van der Waals surface area contributed by atoms with E-state index in [0.29, 0.717) is 6.04 Å². The lowest BCUT2D eigenvalue weighted by atomic mass is 10.1. The first kappa shape index (κ1) is 9.67. The number of amides is 1. The molecule has 0 radical (unpaired) electrons. The Kier molecular flexibility index (Phi) is 3.68. The first-order chi connectivity index (χ1) is 5.70. The number of hydrogen-bond donors (Lipinski definition) is 1. The van der Waals surface area contributed by atoms with Crippen LogP contribution in [0.4, 0.5) is 4.79 Å². The van der Waals surface area contributed by atoms with E-state index in [0.717, 1.165) is 31.5 Å². The number of nitrogens with one attached hydrogen (secondary N) is 1. The second-order valence-electron chi connectivity index (χ2n) is 2.97. The zero-order chi connectivity index (χ0) is 8.97. The number of carbonyl (C=O) groups is 1. The highest BCUT2D eigenvalue weighted by Crippen LogP contribution is 2.21. The Hall–Kier alpha value is -0.420. The Morgan fingerprint density at radius 1 is 1.67 bits per heavy atom. The summed E-state index contributed by atoms with van der Waals surface area (Å²) < 4.78 is 4.23. The van der Waals surface area contributed by atoms with Crippen molar-refractivity contribution < 1.29 is 9.90 Å². The van der Waals surface area contributed by atoms with Gasteiger partial charge < -0.3 is 14.6 Å². The average Bonchev–Trinajstić information content (AvgIpc) is 2.03. The summed E-state index contributed by atoms with van der Waals surface area (Å²) in [7, 11) is 0. The summed E-state index contributed by atoms with van der Waals surface area (Å²) in [5.41, 5.74) is 0. The maximum Gasteiger partial charge on any atom is 0.145 e. The van der Waals surface area contributed by atoms with Gasteiger partial charge in [-0.1, -0.05) is 6.42 Å². The van der Waals surface area contributed by atoms with Gasteiger partial charge in [-0.25, -0.2) is 4.31 Å². The molecule has 4 nitrogen and oxygen atoms in total. The van der Waals surface area contributed by atoms with Crippen molar-refractivity contribution in [2.45, 2.75) is 32.2 Å². The van der Waals surface area contributed by atoms with Crippen LogP contribution in [0.5, 0.6) is 0 Å². The van der Waals surface area contributed by atoms with Crippen molar-refractivity contribution in [2.75, 3.05) is 6.54 Å². The van der Waals surface area contributed by atoms with E-state index in [1.165, 1.54) is 6.42 Å². The lowest BCUT2D eigenvalue weighted by Crippen LogP contribution is -2.39. The molecule has 1 fully saturated rings. The third kappa shape index (κ3) is 2.91. The zero-order valence-corrected chi connectivity index (χ0v) is 7.89. The Balaban J connectivity index is 2.24. The molecule has 0 saturated carbocycles. The van der Waals surface area contributed by atoms with E-state index in [2.05, 4.69) is 11.6 Å². The van der Waals surface area contributed by atoms with E-state index in [4.69, 9.17) is 0 Å². The molecule has 1 amide bonds. The predicted octanol–water partition coefficient (Wildman–Crippen LogP) is 0.357. The lowest BCUT2D eigenvalue weighted by Gasteiger charge is -2.31. The third-order valence-corrected chi connectivity index (χ3v) is 3.02. The summed E-state index contributed by atoms with van der Waals surface area (Å²) in [6.07, 6.45) is 2.30. The molecule has 0 aliphatic carbocycles. The van der Waals surface area contributed by atoms with Crippen LogP contribution in [0.15, 0.2) is 0 Å². The fourth-order valence-corrected chi connectivity index (χ4v) is 2.00. The van der Waals surface area contributed by atoms with Crippen LogP contribution >= 0.6 is 12.1 Å². The Morgan fingerprint density at radius 3 is 3.00 bits per heavy atom. The van der Waals surface area contributed by atoms with Crippen molar-refractivity contribution in [1.82, 2.24) is 9.03 Å². The fourth-order valence-electron chi connectivity index (χ4n) is 1.30. The first-order valence-corrected chi connectivity index (χ1v) is 4.88. The van der Waals surface area contributed by atoms with Gasteiger partial charge in [-0.05, 0) is 19.8 Å². The van der Waals surface area contributed by atoms with Gasteiger partial charge in [0.2, 0.25) is 0 Å². The Morgan fingerprint density at radius 2 is 2.42 bits per heavy atom. The number of piperidine rings is 1. The molecule has 1 unspecified atom stereocenters. The predicted molar refractivity (Wildman–Crippen MR) is 46.1 cm³/mol. The number of nitrogens with zero attached hydrogens (tertiary/aromatic N) is 1. The van der Waals surface area contributed by atoms with Gasteiger partial charge in [0, 0.05) is 24.7 Å². The molecule has 5 heteroatoms. The first-order valence-electron chi connectivity index (χ1n) is 4.10. The van der Waals surface area contributed by atoms with E-state index in [9.17, 15) is 9.90 Å². The molecule has 1 heterocycles. The standard InChI is InChI=1S/C7H14N2O2S/c1-6-4-2-3-5-9(6)12-8-7(10)11/h6,8H,2-5H2,1H3,(H,10,11)/p-1. The summed E-state index contributed by atoms with van der Waals surface area (Å²) in [4.78, 5) is 10.1. The van der Waals surface area contributed by atoms with Crippen molar-refractivity contribution in [3.05, 3.63) is 0 Å². The topological polar surface area (TPSA) is 55.4 Å². The van der Waals surface area contributed by atoms with Crippen molar-refractivity contribution in [3.63, 3.8) is 0 Å². The molecule has 0 aromatic carbocycles. The van der Waals surface area contributed by atoms with Crippen LogP contribution in [0.1, 0.15) is 26.2 Å². The van der Waals surface area contributed by atoms with Gasteiger partial charge in [-0.3, -0.25) is 0 Å². The van der Waals surface area contributed by atoms with Crippen molar-refractivity contribution in [1.29, 1.82) is 0 Å². The van der Waals surface area contributed by atoms with Crippen molar-refractivity contribution in [3.8, 4) is 0 Å². The van der Waals surface area contributed by atoms with Crippen LogP contribution in [-0.4, -0.2) is 23.0 Å². The van der Waals surface area contributed by atoms with Crippen LogP contribution in [0.25, 0.3) is 0 Å². The molecule has 70 valence electrons. The molecule has 1 saturated heterocycles. The highest BCUT2D eigenvalue weighted by atomic mass is 32.2. The molecular weight excluding hydrogens is 176 g/mol. The summed E-state index contributed by atoms with van der Waals surface area (Å²) in [5, 5.41) is 10.1. The minimum Gasteiger partial charge on any atom is -0.529 e. The van der Waals surface area contributed by atoms with Gasteiger partial charge in [0.25, 0.3) is 0 Å². The second-order valence-corrected chi connectivity index (χ2v) is 3.82. The smallest absolute Gasteiger partial charge is 0.145 e. The highest BCUT2D eigenvalue weighted by molar-refractivity contribution is 7.95. The lowest BCUT2D eigenvalue weighted by molar-refractivity contribution is -0.247. The molecule has 1 aliphatic rings. The van der Waals surface area contributed by atoms with Gasteiger partial charge in [-0.15, -0.1) is 0 Å². The Bertz CT molecular complexity index is 165. The molecular formula is C7H13N2O2S-. The average molecular weight is 189 g/mol. The summed E-state index contributed by atoms with van der Waals surface area (Å²) >= 11 is 1.13. The number of carboxylic acid groups (broad SMARTS) is 1. The van der Waals surface area contributed by atoms with Gasteiger partial charge in [-0.2, -0.15) is 0 Å². The molecule has 0 bridgehead atoms. The number of hydrogen-bond acceptors (Lipinski definition) is 4. The summed E-state index contributed by atoms with van der Waals surface area (Å²) in [6.45, 7) is 3.05. The van der Waals surface area contributed by atoms with E-state index in [-0.39, 0.29) is 0 Å². The number of carbonyl (C=O) groups excluding carboxylic acids is 1. The molecule has 1 aliphatic heterocycles. The van der Waals surface area contributed by atoms with Crippen LogP contribution in [0.3, 0.4) is 0 Å². The molecule has 1 atom stereocenters. The third-order valence-electron chi connectivity index (χ3n) is 1.99. The van der Waals surface area contributed by atoms with Crippen molar-refractivity contribution >= 4 is 18.2 Å². The SMILES string of the molecule is CC1CCCCN1SNC(=O)[O-]. The molecule has 1 rings (SSSR count). The van der Waals surface area contributed by atoms with Crippen LogP contribution in [-0.2, 0) is 0 Å². The molecule has 12 heavy (non-hydrogen) atoms. The van der Waals surface area contributed by atoms with Crippen LogP contribution in [0, 0.1) is 0 Å². The quantitative estimate of drug-likeness (QED) is 0.637. The summed E-state index contributed by atoms with van der Waals surface area (Å²) in [5.74, 6) is 0. The maximum atomic E-state index is 10.1.